The van der Waals surface area contributed by atoms with Gasteiger partial charge in [-0.05, 0) is 0 Å². The zero-order valence-corrected chi connectivity index (χ0v) is 6.80. The molecule has 13 heavy (non-hydrogen) atoms. The van der Waals surface area contributed by atoms with Gasteiger partial charge in [0.1, 0.15) is 0 Å². The summed E-state index contributed by atoms with van der Waals surface area (Å²) < 4.78 is 0. The molecule has 0 radical (unpaired) electrons. The van der Waals surface area contributed by atoms with Crippen LogP contribution in [0.3, 0.4) is 0 Å². The summed E-state index contributed by atoms with van der Waals surface area (Å²) >= 11 is 0. The number of carbonyl (C=O) groups excluding carboxylic acids is 1. The van der Waals surface area contributed by atoms with Gasteiger partial charge in [0, 0.05) is 13.1 Å². The highest BCUT2D eigenvalue weighted by Gasteiger charge is 2.29. The fraction of sp³-hybridized carbons (Fsp3) is 0.667. The monoisotopic (exact) mass is 192 g/mol. The average Bonchev–Trinajstić information content (AvgIpc) is 2.11. The van der Waals surface area contributed by atoms with Crippen LogP contribution in [0.1, 0.15) is 0 Å². The lowest BCUT2D eigenvalue weighted by atomic mass is 10.2. The highest BCUT2D eigenvalue weighted by Crippen LogP contribution is 1.93. The minimum absolute atomic E-state index is 0.113. The Morgan fingerprint density at radius 2 is 1.85 bits per heavy atom. The fourth-order valence-corrected chi connectivity index (χ4v) is 0.578. The third kappa shape index (κ3) is 3.83. The average molecular weight is 192 g/mol. The Kier molecular flexibility index (Phi) is 4.97. The van der Waals surface area contributed by atoms with Crippen LogP contribution in [0, 0.1) is 0 Å². The third-order valence-electron chi connectivity index (χ3n) is 1.26. The van der Waals surface area contributed by atoms with Gasteiger partial charge >= 0.3 is 5.97 Å². The van der Waals surface area contributed by atoms with Crippen molar-refractivity contribution in [3.63, 3.8) is 0 Å². The summed E-state index contributed by atoms with van der Waals surface area (Å²) in [5.74, 6) is -2.62. The molecule has 0 aliphatic heterocycles. The molecule has 0 saturated carbocycles. The zero-order valence-electron chi connectivity index (χ0n) is 6.80. The molecule has 76 valence electrons. The molecule has 0 bridgehead atoms. The predicted octanol–water partition coefficient (Wildman–Crippen LogP) is -3.13. The Morgan fingerprint density at radius 3 is 2.23 bits per heavy atom. The van der Waals surface area contributed by atoms with E-state index in [1.165, 1.54) is 0 Å². The quantitative estimate of drug-likeness (QED) is 0.313. The van der Waals surface area contributed by atoms with Crippen LogP contribution in [0.2, 0.25) is 0 Å². The number of carbonyl (C=O) groups is 2. The van der Waals surface area contributed by atoms with E-state index in [-0.39, 0.29) is 13.1 Å². The number of amides is 1. The number of hydrogen-bond acceptors (Lipinski definition) is 5. The van der Waals surface area contributed by atoms with E-state index in [0.29, 0.717) is 0 Å². The van der Waals surface area contributed by atoms with Crippen molar-refractivity contribution in [3.05, 3.63) is 0 Å². The van der Waals surface area contributed by atoms with Gasteiger partial charge in [-0.3, -0.25) is 4.79 Å². The molecule has 0 aliphatic rings. The van der Waals surface area contributed by atoms with Crippen molar-refractivity contribution in [2.45, 2.75) is 12.2 Å². The lowest BCUT2D eigenvalue weighted by Crippen LogP contribution is -2.46. The second-order valence-electron chi connectivity index (χ2n) is 2.31. The van der Waals surface area contributed by atoms with Crippen molar-refractivity contribution in [1.82, 2.24) is 5.32 Å². The number of carboxylic acids is 1. The van der Waals surface area contributed by atoms with Gasteiger partial charge in [-0.1, -0.05) is 0 Å². The molecule has 0 fully saturated rings. The molecule has 1 amide bonds. The topological polar surface area (TPSA) is 133 Å². The van der Waals surface area contributed by atoms with Crippen LogP contribution in [0.15, 0.2) is 0 Å². The number of hydrogen-bond donors (Lipinski definition) is 5. The standard InChI is InChI=1S/C6H12N2O5/c7-1-2-8-5(11)3(9)4(10)6(12)13/h3-4,9-10H,1-2,7H2,(H,8,11)(H,12,13)/t3-,4+/m1/s1. The summed E-state index contributed by atoms with van der Waals surface area (Å²) in [6, 6.07) is 0. The minimum Gasteiger partial charge on any atom is -0.479 e. The van der Waals surface area contributed by atoms with E-state index in [1.54, 1.807) is 0 Å². The van der Waals surface area contributed by atoms with Crippen molar-refractivity contribution in [2.75, 3.05) is 13.1 Å². The Balaban J connectivity index is 4.01. The van der Waals surface area contributed by atoms with E-state index in [9.17, 15) is 9.59 Å². The van der Waals surface area contributed by atoms with Gasteiger partial charge in [-0.15, -0.1) is 0 Å². The maximum Gasteiger partial charge on any atom is 0.335 e. The SMILES string of the molecule is NCCNC(=O)[C@H](O)[C@H](O)C(=O)O. The van der Waals surface area contributed by atoms with Gasteiger partial charge in [0.2, 0.25) is 0 Å². The normalized spacial score (nSPS) is 14.7. The van der Waals surface area contributed by atoms with Crippen LogP contribution in [-0.4, -0.2) is 52.5 Å². The first kappa shape index (κ1) is 11.8. The molecular weight excluding hydrogens is 180 g/mol. The largest absolute Gasteiger partial charge is 0.479 e. The first-order valence-corrected chi connectivity index (χ1v) is 3.57. The summed E-state index contributed by atoms with van der Waals surface area (Å²) in [5.41, 5.74) is 5.04. The highest BCUT2D eigenvalue weighted by atomic mass is 16.4. The zero-order chi connectivity index (χ0) is 10.4. The molecule has 0 aliphatic carbocycles. The minimum atomic E-state index is -2.11. The van der Waals surface area contributed by atoms with Crippen LogP contribution < -0.4 is 11.1 Å². The maximum atomic E-state index is 10.8. The molecule has 6 N–H and O–H groups in total. The van der Waals surface area contributed by atoms with E-state index in [0.717, 1.165) is 0 Å². The molecule has 0 spiro atoms. The van der Waals surface area contributed by atoms with E-state index in [2.05, 4.69) is 5.32 Å². The van der Waals surface area contributed by atoms with Crippen LogP contribution in [0.25, 0.3) is 0 Å². The third-order valence-corrected chi connectivity index (χ3v) is 1.26. The van der Waals surface area contributed by atoms with E-state index in [4.69, 9.17) is 21.1 Å². The van der Waals surface area contributed by atoms with Crippen molar-refractivity contribution >= 4 is 11.9 Å². The smallest absolute Gasteiger partial charge is 0.335 e. The van der Waals surface area contributed by atoms with Gasteiger partial charge in [0.05, 0.1) is 0 Å². The number of carboxylic acid groups (broad SMARTS) is 1. The Bertz CT molecular complexity index is 195. The van der Waals surface area contributed by atoms with Crippen LogP contribution in [0.5, 0.6) is 0 Å². The second-order valence-corrected chi connectivity index (χ2v) is 2.31. The van der Waals surface area contributed by atoms with E-state index < -0.39 is 24.1 Å². The lowest BCUT2D eigenvalue weighted by molar-refractivity contribution is -0.158. The summed E-state index contributed by atoms with van der Waals surface area (Å²) in [7, 11) is 0. The molecule has 7 heteroatoms. The molecule has 0 saturated heterocycles. The predicted molar refractivity (Wildman–Crippen MR) is 41.7 cm³/mol. The van der Waals surface area contributed by atoms with Crippen molar-refractivity contribution in [2.24, 2.45) is 5.73 Å². The van der Waals surface area contributed by atoms with Crippen molar-refractivity contribution in [3.8, 4) is 0 Å². The summed E-state index contributed by atoms with van der Waals surface area (Å²) in [6.45, 7) is 0.282. The van der Waals surface area contributed by atoms with Gasteiger partial charge in [-0.25, -0.2) is 4.79 Å². The fourth-order valence-electron chi connectivity index (χ4n) is 0.578. The number of rotatable bonds is 5. The van der Waals surface area contributed by atoms with Gasteiger partial charge in [0.15, 0.2) is 12.2 Å². The molecule has 0 aromatic rings. The second kappa shape index (κ2) is 5.46. The van der Waals surface area contributed by atoms with Crippen LogP contribution >= 0.6 is 0 Å². The number of aliphatic hydroxyl groups excluding tert-OH is 2. The van der Waals surface area contributed by atoms with Gasteiger partial charge in [-0.2, -0.15) is 0 Å². The number of nitrogens with two attached hydrogens (primary N) is 1. The molecule has 0 rings (SSSR count). The number of aliphatic hydroxyl groups is 2. The number of aliphatic carboxylic acids is 1. The summed E-state index contributed by atoms with van der Waals surface area (Å²) in [4.78, 5) is 20.9. The first-order valence-electron chi connectivity index (χ1n) is 3.57. The Hall–Kier alpha value is -1.18. The molecule has 2 atom stereocenters. The molecule has 0 heterocycles. The molecule has 0 aromatic carbocycles. The summed E-state index contributed by atoms with van der Waals surface area (Å²) in [5, 5.41) is 28.0. The van der Waals surface area contributed by atoms with Crippen molar-refractivity contribution < 1.29 is 24.9 Å². The van der Waals surface area contributed by atoms with Crippen molar-refractivity contribution in [1.29, 1.82) is 0 Å². The molecule has 0 aromatic heterocycles. The molecule has 0 unspecified atom stereocenters. The van der Waals surface area contributed by atoms with Crippen LogP contribution in [0.4, 0.5) is 0 Å². The Labute approximate surface area is 74.2 Å². The highest BCUT2D eigenvalue weighted by molar-refractivity contribution is 5.87. The number of nitrogens with one attached hydrogen (secondary N) is 1. The van der Waals surface area contributed by atoms with E-state index >= 15 is 0 Å². The van der Waals surface area contributed by atoms with E-state index in [1.807, 2.05) is 0 Å². The van der Waals surface area contributed by atoms with Gasteiger partial charge in [0.25, 0.3) is 5.91 Å². The Morgan fingerprint density at radius 1 is 1.31 bits per heavy atom. The maximum absolute atomic E-state index is 10.8. The molecule has 7 nitrogen and oxygen atoms in total. The first-order chi connectivity index (χ1) is 6.00. The molecular formula is C6H12N2O5. The van der Waals surface area contributed by atoms with Gasteiger partial charge < -0.3 is 26.4 Å². The summed E-state index contributed by atoms with van der Waals surface area (Å²) in [6.07, 6.45) is -4.08. The lowest BCUT2D eigenvalue weighted by Gasteiger charge is -2.13. The van der Waals surface area contributed by atoms with Crippen LogP contribution in [-0.2, 0) is 9.59 Å².